The number of nitrogens with zero attached hydrogens (tertiary/aromatic N) is 3. The van der Waals surface area contributed by atoms with Crippen molar-refractivity contribution in [2.24, 2.45) is 0 Å². The van der Waals surface area contributed by atoms with Crippen molar-refractivity contribution in [1.82, 2.24) is 19.9 Å². The van der Waals surface area contributed by atoms with Crippen LogP contribution in [0.1, 0.15) is 41.6 Å². The lowest BCUT2D eigenvalue weighted by atomic mass is 10.0. The lowest BCUT2D eigenvalue weighted by Gasteiger charge is -2.14. The van der Waals surface area contributed by atoms with Gasteiger partial charge in [0.25, 0.3) is 0 Å². The van der Waals surface area contributed by atoms with Gasteiger partial charge in [0.05, 0.1) is 19.6 Å². The number of nitrogens with one attached hydrogen (secondary N) is 1. The Balaban J connectivity index is 1.76. The van der Waals surface area contributed by atoms with Gasteiger partial charge in [0.15, 0.2) is 17.3 Å². The maximum atomic E-state index is 12.5. The second kappa shape index (κ2) is 7.35. The maximum absolute atomic E-state index is 12.5. The van der Waals surface area contributed by atoms with Crippen LogP contribution in [-0.2, 0) is 11.2 Å². The minimum absolute atomic E-state index is 0.0578. The molecule has 0 radical (unpaired) electrons. The zero-order valence-electron chi connectivity index (χ0n) is 14.9. The average Bonchev–Trinajstić information content (AvgIpc) is 3.05. The number of amides is 1. The van der Waals surface area contributed by atoms with Crippen LogP contribution in [-0.4, -0.2) is 33.4 Å². The predicted molar refractivity (Wildman–Crippen MR) is 96.2 cm³/mol. The molecular formula is C19H20N4O3. The molecule has 0 aliphatic heterocycles. The minimum atomic E-state index is -0.318. The third-order valence-electron chi connectivity index (χ3n) is 4.14. The molecule has 2 heterocycles. The van der Waals surface area contributed by atoms with Crippen molar-refractivity contribution >= 4 is 17.3 Å². The van der Waals surface area contributed by atoms with Crippen LogP contribution < -0.4 is 10.1 Å². The maximum Gasteiger partial charge on any atom is 0.225 e. The Kier molecular flexibility index (Phi) is 4.97. The van der Waals surface area contributed by atoms with Crippen LogP contribution in [0.15, 0.2) is 42.6 Å². The van der Waals surface area contributed by atoms with E-state index in [2.05, 4.69) is 15.5 Å². The molecule has 0 saturated carbocycles. The van der Waals surface area contributed by atoms with Crippen LogP contribution in [0, 0.1) is 0 Å². The van der Waals surface area contributed by atoms with Gasteiger partial charge in [-0.25, -0.2) is 0 Å². The van der Waals surface area contributed by atoms with Crippen molar-refractivity contribution in [2.45, 2.75) is 26.3 Å². The third-order valence-corrected chi connectivity index (χ3v) is 4.14. The lowest BCUT2D eigenvalue weighted by molar-refractivity contribution is -0.121. The molecule has 0 aliphatic rings. The summed E-state index contributed by atoms with van der Waals surface area (Å²) in [6, 6.07) is 10.4. The van der Waals surface area contributed by atoms with Gasteiger partial charge < -0.3 is 10.1 Å². The van der Waals surface area contributed by atoms with E-state index in [1.54, 1.807) is 18.2 Å². The molecule has 0 spiro atoms. The Hall–Kier alpha value is -3.22. The first-order chi connectivity index (χ1) is 12.5. The molecule has 1 amide bonds. The van der Waals surface area contributed by atoms with Gasteiger partial charge in [0.1, 0.15) is 5.75 Å². The highest BCUT2D eigenvalue weighted by atomic mass is 16.5. The molecule has 0 aliphatic carbocycles. The molecule has 3 aromatic rings. The number of hydrogen-bond donors (Lipinski definition) is 1. The molecule has 1 atom stereocenters. The van der Waals surface area contributed by atoms with E-state index in [0.29, 0.717) is 22.7 Å². The van der Waals surface area contributed by atoms with Crippen molar-refractivity contribution in [3.05, 3.63) is 59.5 Å². The van der Waals surface area contributed by atoms with E-state index in [-0.39, 0.29) is 24.2 Å². The number of ether oxygens (including phenoxy) is 1. The number of benzene rings is 1. The molecule has 0 saturated heterocycles. The van der Waals surface area contributed by atoms with Gasteiger partial charge in [0, 0.05) is 17.3 Å². The highest BCUT2D eigenvalue weighted by Crippen LogP contribution is 2.21. The van der Waals surface area contributed by atoms with E-state index in [4.69, 9.17) is 4.74 Å². The van der Waals surface area contributed by atoms with Crippen molar-refractivity contribution in [2.75, 3.05) is 7.11 Å². The summed E-state index contributed by atoms with van der Waals surface area (Å²) >= 11 is 0. The summed E-state index contributed by atoms with van der Waals surface area (Å²) in [5, 5.41) is 11.2. The first-order valence-electron chi connectivity index (χ1n) is 8.26. The summed E-state index contributed by atoms with van der Waals surface area (Å²) in [6.07, 6.45) is 1.96. The van der Waals surface area contributed by atoms with E-state index in [1.807, 2.05) is 35.7 Å². The smallest absolute Gasteiger partial charge is 0.225 e. The molecule has 0 fully saturated rings. The van der Waals surface area contributed by atoms with E-state index in [0.717, 1.165) is 5.65 Å². The van der Waals surface area contributed by atoms with Crippen LogP contribution in [0.2, 0.25) is 0 Å². The highest BCUT2D eigenvalue weighted by molar-refractivity contribution is 5.94. The number of fused-ring (bicyclic) bond motifs is 1. The fourth-order valence-electron chi connectivity index (χ4n) is 2.82. The monoisotopic (exact) mass is 352 g/mol. The van der Waals surface area contributed by atoms with Crippen LogP contribution in [0.25, 0.3) is 5.65 Å². The zero-order valence-corrected chi connectivity index (χ0v) is 14.9. The number of aromatic nitrogens is 3. The Bertz CT molecular complexity index is 964. The lowest BCUT2D eigenvalue weighted by Crippen LogP contribution is -2.29. The van der Waals surface area contributed by atoms with Gasteiger partial charge >= 0.3 is 0 Å². The van der Waals surface area contributed by atoms with E-state index < -0.39 is 0 Å². The summed E-state index contributed by atoms with van der Waals surface area (Å²) in [5.74, 6) is 0.978. The molecule has 1 unspecified atom stereocenters. The van der Waals surface area contributed by atoms with E-state index in [1.165, 1.54) is 14.0 Å². The van der Waals surface area contributed by atoms with Gasteiger partial charge in [-0.3, -0.25) is 14.0 Å². The van der Waals surface area contributed by atoms with Crippen LogP contribution >= 0.6 is 0 Å². The summed E-state index contributed by atoms with van der Waals surface area (Å²) in [6.45, 7) is 3.34. The Morgan fingerprint density at radius 3 is 2.77 bits per heavy atom. The molecule has 134 valence electrons. The first kappa shape index (κ1) is 17.6. The topological polar surface area (TPSA) is 85.6 Å². The summed E-state index contributed by atoms with van der Waals surface area (Å²) in [5.41, 5.74) is 1.93. The molecular weight excluding hydrogens is 332 g/mol. The van der Waals surface area contributed by atoms with E-state index in [9.17, 15) is 9.59 Å². The Labute approximate surface area is 151 Å². The molecule has 0 bridgehead atoms. The number of carbonyl (C=O) groups excluding carboxylic acids is 2. The van der Waals surface area contributed by atoms with Crippen LogP contribution in [0.4, 0.5) is 0 Å². The number of carbonyl (C=O) groups is 2. The average molecular weight is 352 g/mol. The largest absolute Gasteiger partial charge is 0.496 e. The highest BCUT2D eigenvalue weighted by Gasteiger charge is 2.17. The molecule has 26 heavy (non-hydrogen) atoms. The molecule has 1 N–H and O–H groups in total. The van der Waals surface area contributed by atoms with Gasteiger partial charge in [0.2, 0.25) is 5.91 Å². The van der Waals surface area contributed by atoms with Crippen molar-refractivity contribution in [1.29, 1.82) is 0 Å². The third kappa shape index (κ3) is 3.56. The van der Waals surface area contributed by atoms with Crippen molar-refractivity contribution in [3.8, 4) is 5.75 Å². The fraction of sp³-hybridized carbons (Fsp3) is 0.263. The number of hydrogen-bond acceptors (Lipinski definition) is 5. The number of Topliss-reactive ketones (excluding diaryl/α,β-unsaturated/α-hetero) is 1. The fourth-order valence-corrected chi connectivity index (χ4v) is 2.82. The summed E-state index contributed by atoms with van der Waals surface area (Å²) in [4.78, 5) is 24.1. The van der Waals surface area contributed by atoms with Crippen LogP contribution in [0.5, 0.6) is 5.75 Å². The predicted octanol–water partition coefficient (Wildman–Crippen LogP) is 2.36. The Morgan fingerprint density at radius 1 is 1.23 bits per heavy atom. The normalized spacial score (nSPS) is 12.0. The number of rotatable bonds is 6. The van der Waals surface area contributed by atoms with E-state index >= 15 is 0 Å². The van der Waals surface area contributed by atoms with Gasteiger partial charge in [-0.05, 0) is 44.2 Å². The number of pyridine rings is 1. The van der Waals surface area contributed by atoms with Gasteiger partial charge in [-0.1, -0.05) is 6.07 Å². The van der Waals surface area contributed by atoms with Crippen LogP contribution in [0.3, 0.4) is 0 Å². The van der Waals surface area contributed by atoms with Gasteiger partial charge in [-0.2, -0.15) is 0 Å². The zero-order chi connectivity index (χ0) is 18.7. The molecule has 7 heteroatoms. The molecule has 2 aromatic heterocycles. The SMILES string of the molecule is COc1ccc(C(C)=O)cc1CC(=O)NC(C)c1nnc2ccccn12. The minimum Gasteiger partial charge on any atom is -0.496 e. The molecule has 7 nitrogen and oxygen atoms in total. The second-order valence-corrected chi connectivity index (χ2v) is 6.04. The molecule has 1 aromatic carbocycles. The number of ketones is 1. The summed E-state index contributed by atoms with van der Waals surface area (Å²) in [7, 11) is 1.54. The van der Waals surface area contributed by atoms with Crippen molar-refractivity contribution in [3.63, 3.8) is 0 Å². The van der Waals surface area contributed by atoms with Crippen molar-refractivity contribution < 1.29 is 14.3 Å². The first-order valence-corrected chi connectivity index (χ1v) is 8.26. The number of methoxy groups -OCH3 is 1. The second-order valence-electron chi connectivity index (χ2n) is 6.04. The Morgan fingerprint density at radius 2 is 2.04 bits per heavy atom. The van der Waals surface area contributed by atoms with Gasteiger partial charge in [-0.15, -0.1) is 10.2 Å². The molecule has 3 rings (SSSR count). The standard InChI is InChI=1S/C19H20N4O3/c1-12(19-22-21-17-6-4-5-9-23(17)19)20-18(25)11-15-10-14(13(2)24)7-8-16(15)26-3/h4-10,12H,11H2,1-3H3,(H,20,25). The quantitative estimate of drug-likeness (QED) is 0.688. The summed E-state index contributed by atoms with van der Waals surface area (Å²) < 4.78 is 7.13.